The molecule has 0 aliphatic rings. The molecule has 0 aliphatic carbocycles. The molecule has 0 fully saturated rings. The van der Waals surface area contributed by atoms with Crippen molar-refractivity contribution in [3.8, 4) is 0 Å². The van der Waals surface area contributed by atoms with E-state index >= 15 is 0 Å². The summed E-state index contributed by atoms with van der Waals surface area (Å²) in [5, 5.41) is 4.95. The summed E-state index contributed by atoms with van der Waals surface area (Å²) >= 11 is 1.67. The lowest BCUT2D eigenvalue weighted by Gasteiger charge is -2.22. The molecule has 0 saturated heterocycles. The number of rotatable bonds is 3. The van der Waals surface area contributed by atoms with Gasteiger partial charge in [-0.05, 0) is 16.9 Å². The number of urea groups is 1. The molecule has 0 atom stereocenters. The fraction of sp³-hybridized carbons (Fsp3) is 0.583. The number of amides is 2. The fourth-order valence-electron chi connectivity index (χ4n) is 1.18. The highest BCUT2D eigenvalue weighted by atomic mass is 32.1. The molecule has 16 heavy (non-hydrogen) atoms. The molecule has 4 heteroatoms. The second-order valence-electron chi connectivity index (χ2n) is 5.15. The number of hydrogen-bond acceptors (Lipinski definition) is 2. The summed E-state index contributed by atoms with van der Waals surface area (Å²) in [6, 6.07) is 4.03. The van der Waals surface area contributed by atoms with Gasteiger partial charge >= 0.3 is 6.03 Å². The lowest BCUT2D eigenvalue weighted by atomic mass is 9.97. The summed E-state index contributed by atoms with van der Waals surface area (Å²) in [7, 11) is 1.82. The maximum absolute atomic E-state index is 11.7. The van der Waals surface area contributed by atoms with Gasteiger partial charge in [0.15, 0.2) is 0 Å². The van der Waals surface area contributed by atoms with Crippen LogP contribution >= 0.6 is 11.3 Å². The van der Waals surface area contributed by atoms with E-state index in [0.717, 1.165) is 0 Å². The van der Waals surface area contributed by atoms with Crippen LogP contribution in [0.3, 0.4) is 0 Å². The highest BCUT2D eigenvalue weighted by Crippen LogP contribution is 2.12. The van der Waals surface area contributed by atoms with Crippen molar-refractivity contribution in [2.24, 2.45) is 5.41 Å². The van der Waals surface area contributed by atoms with Gasteiger partial charge in [0.2, 0.25) is 0 Å². The SMILES string of the molecule is CN(Cc1cccs1)C(=O)NCC(C)(C)C. The predicted octanol–water partition coefficient (Wildman–Crippen LogP) is 2.94. The number of nitrogens with one attached hydrogen (secondary N) is 1. The Bertz CT molecular complexity index is 327. The Morgan fingerprint density at radius 1 is 1.50 bits per heavy atom. The molecule has 0 aliphatic heterocycles. The molecule has 0 aromatic carbocycles. The van der Waals surface area contributed by atoms with Gasteiger partial charge in [-0.25, -0.2) is 4.79 Å². The van der Waals surface area contributed by atoms with Crippen molar-refractivity contribution >= 4 is 17.4 Å². The minimum atomic E-state index is -0.0108. The second-order valence-corrected chi connectivity index (χ2v) is 6.19. The van der Waals surface area contributed by atoms with Crippen molar-refractivity contribution in [1.82, 2.24) is 10.2 Å². The lowest BCUT2D eigenvalue weighted by Crippen LogP contribution is -2.40. The molecule has 1 rings (SSSR count). The molecule has 1 aromatic heterocycles. The maximum Gasteiger partial charge on any atom is 0.317 e. The Morgan fingerprint density at radius 2 is 2.19 bits per heavy atom. The molecule has 0 saturated carbocycles. The van der Waals surface area contributed by atoms with E-state index in [-0.39, 0.29) is 11.4 Å². The van der Waals surface area contributed by atoms with Crippen LogP contribution in [0.15, 0.2) is 17.5 Å². The van der Waals surface area contributed by atoms with Crippen LogP contribution in [0, 0.1) is 5.41 Å². The zero-order valence-corrected chi connectivity index (χ0v) is 11.2. The van der Waals surface area contributed by atoms with Crippen molar-refractivity contribution in [3.63, 3.8) is 0 Å². The van der Waals surface area contributed by atoms with Gasteiger partial charge in [0.25, 0.3) is 0 Å². The zero-order chi connectivity index (χ0) is 12.2. The third-order valence-corrected chi connectivity index (χ3v) is 2.95. The van der Waals surface area contributed by atoms with Gasteiger partial charge in [0.1, 0.15) is 0 Å². The van der Waals surface area contributed by atoms with E-state index in [9.17, 15) is 4.79 Å². The van der Waals surface area contributed by atoms with Gasteiger partial charge in [-0.1, -0.05) is 26.8 Å². The van der Waals surface area contributed by atoms with Crippen LogP contribution in [-0.4, -0.2) is 24.5 Å². The van der Waals surface area contributed by atoms with E-state index in [1.54, 1.807) is 16.2 Å². The molecule has 3 nitrogen and oxygen atoms in total. The van der Waals surface area contributed by atoms with Crippen LogP contribution in [0.25, 0.3) is 0 Å². The molecule has 0 bridgehead atoms. The van der Waals surface area contributed by atoms with E-state index in [2.05, 4.69) is 26.1 Å². The number of hydrogen-bond donors (Lipinski definition) is 1. The first-order valence-corrected chi connectivity index (χ1v) is 6.28. The first-order chi connectivity index (χ1) is 7.38. The lowest BCUT2D eigenvalue weighted by molar-refractivity contribution is 0.202. The molecule has 0 spiro atoms. The van der Waals surface area contributed by atoms with E-state index in [1.807, 2.05) is 24.6 Å². The molecule has 0 unspecified atom stereocenters. The molecule has 1 aromatic rings. The first-order valence-electron chi connectivity index (χ1n) is 5.40. The summed E-state index contributed by atoms with van der Waals surface area (Å²) in [6.45, 7) is 7.68. The van der Waals surface area contributed by atoms with Crippen LogP contribution in [0.4, 0.5) is 4.79 Å². The van der Waals surface area contributed by atoms with Gasteiger partial charge in [0, 0.05) is 18.5 Å². The van der Waals surface area contributed by atoms with Crippen molar-refractivity contribution in [2.45, 2.75) is 27.3 Å². The summed E-state index contributed by atoms with van der Waals surface area (Å²) in [5.41, 5.74) is 0.124. The minimum Gasteiger partial charge on any atom is -0.337 e. The van der Waals surface area contributed by atoms with Crippen molar-refractivity contribution in [1.29, 1.82) is 0 Å². The smallest absolute Gasteiger partial charge is 0.317 e. The van der Waals surface area contributed by atoms with Gasteiger partial charge in [-0.15, -0.1) is 11.3 Å². The average molecular weight is 240 g/mol. The first kappa shape index (κ1) is 13.0. The largest absolute Gasteiger partial charge is 0.337 e. The Kier molecular flexibility index (Phi) is 4.35. The van der Waals surface area contributed by atoms with Gasteiger partial charge in [-0.3, -0.25) is 0 Å². The van der Waals surface area contributed by atoms with E-state index in [4.69, 9.17) is 0 Å². The second kappa shape index (κ2) is 5.34. The normalized spacial score (nSPS) is 11.2. The predicted molar refractivity (Wildman–Crippen MR) is 68.6 cm³/mol. The van der Waals surface area contributed by atoms with Crippen molar-refractivity contribution in [2.75, 3.05) is 13.6 Å². The fourth-order valence-corrected chi connectivity index (χ4v) is 1.94. The highest BCUT2D eigenvalue weighted by Gasteiger charge is 2.14. The molecule has 1 N–H and O–H groups in total. The number of carbonyl (C=O) groups excluding carboxylic acids is 1. The number of nitrogens with zero attached hydrogens (tertiary/aromatic N) is 1. The third-order valence-electron chi connectivity index (χ3n) is 2.09. The van der Waals surface area contributed by atoms with Crippen LogP contribution in [0.1, 0.15) is 25.6 Å². The van der Waals surface area contributed by atoms with E-state index in [1.165, 1.54) is 4.88 Å². The Labute approximate surface area is 101 Å². The van der Waals surface area contributed by atoms with Crippen LogP contribution < -0.4 is 5.32 Å². The number of thiophene rings is 1. The molecule has 0 radical (unpaired) electrons. The third kappa shape index (κ3) is 4.66. The quantitative estimate of drug-likeness (QED) is 0.865. The van der Waals surface area contributed by atoms with Gasteiger partial charge in [-0.2, -0.15) is 0 Å². The Hall–Kier alpha value is -1.03. The summed E-state index contributed by atoms with van der Waals surface area (Å²) in [6.07, 6.45) is 0. The molecule has 1 heterocycles. The van der Waals surface area contributed by atoms with E-state index in [0.29, 0.717) is 13.1 Å². The molecule has 2 amide bonds. The highest BCUT2D eigenvalue weighted by molar-refractivity contribution is 7.09. The van der Waals surface area contributed by atoms with Crippen LogP contribution in [0.2, 0.25) is 0 Å². The summed E-state index contributed by atoms with van der Waals surface area (Å²) < 4.78 is 0. The molecular weight excluding hydrogens is 220 g/mol. The average Bonchev–Trinajstić information content (AvgIpc) is 2.65. The maximum atomic E-state index is 11.7. The standard InChI is InChI=1S/C12H20N2OS/c1-12(2,3)9-13-11(15)14(4)8-10-6-5-7-16-10/h5-7H,8-9H2,1-4H3,(H,13,15). The van der Waals surface area contributed by atoms with Crippen LogP contribution in [0.5, 0.6) is 0 Å². The molecule has 90 valence electrons. The van der Waals surface area contributed by atoms with Gasteiger partial charge in [0.05, 0.1) is 6.54 Å². The zero-order valence-electron chi connectivity index (χ0n) is 10.4. The van der Waals surface area contributed by atoms with Crippen LogP contribution in [-0.2, 0) is 6.54 Å². The molecular formula is C12H20N2OS. The van der Waals surface area contributed by atoms with Crippen molar-refractivity contribution < 1.29 is 4.79 Å². The number of carbonyl (C=O) groups is 1. The monoisotopic (exact) mass is 240 g/mol. The van der Waals surface area contributed by atoms with E-state index < -0.39 is 0 Å². The summed E-state index contributed by atoms with van der Waals surface area (Å²) in [4.78, 5) is 14.6. The van der Waals surface area contributed by atoms with Gasteiger partial charge < -0.3 is 10.2 Å². The summed E-state index contributed by atoms with van der Waals surface area (Å²) in [5.74, 6) is 0. The topological polar surface area (TPSA) is 32.3 Å². The minimum absolute atomic E-state index is 0.0108. The Balaban J connectivity index is 2.37. The van der Waals surface area contributed by atoms with Crippen molar-refractivity contribution in [3.05, 3.63) is 22.4 Å². The Morgan fingerprint density at radius 3 is 2.69 bits per heavy atom.